The lowest BCUT2D eigenvalue weighted by molar-refractivity contribution is 0.246. The number of fused-ring (bicyclic) bond motifs is 3. The lowest BCUT2D eigenvalue weighted by Gasteiger charge is -2.14. The molecule has 0 saturated heterocycles. The quantitative estimate of drug-likeness (QED) is 0.828. The number of imidazole rings is 1. The van der Waals surface area contributed by atoms with Crippen molar-refractivity contribution in [2.45, 2.75) is 25.4 Å². The molecule has 2 amide bonds. The van der Waals surface area contributed by atoms with Gasteiger partial charge in [-0.15, -0.1) is 0 Å². The summed E-state index contributed by atoms with van der Waals surface area (Å²) in [6.07, 6.45) is 2.21. The molecule has 92 valence electrons. The van der Waals surface area contributed by atoms with Crippen molar-refractivity contribution in [2.75, 3.05) is 11.4 Å². The molecule has 1 aliphatic carbocycles. The molecular formula is C13H14N4O. The van der Waals surface area contributed by atoms with E-state index in [4.69, 9.17) is 0 Å². The number of anilines is 1. The molecule has 2 heterocycles. The topological polar surface area (TPSA) is 50.2 Å². The molecule has 0 spiro atoms. The molecular weight excluding hydrogens is 228 g/mol. The standard InChI is InChI=1S/C13H14N4O/c18-13(14-9-5-6-9)17-8-7-16-11-4-2-1-3-10(11)15-12(16)17/h1-4,9H,5-8H2,(H,14,18). The maximum atomic E-state index is 12.1. The van der Waals surface area contributed by atoms with E-state index in [2.05, 4.69) is 14.9 Å². The van der Waals surface area contributed by atoms with E-state index < -0.39 is 0 Å². The van der Waals surface area contributed by atoms with Crippen molar-refractivity contribution in [1.29, 1.82) is 0 Å². The number of nitrogens with one attached hydrogen (secondary N) is 1. The number of amides is 2. The second-order valence-electron chi connectivity index (χ2n) is 4.93. The normalized spacial score (nSPS) is 18.1. The first kappa shape index (κ1) is 9.94. The first-order valence-corrected chi connectivity index (χ1v) is 6.36. The zero-order valence-corrected chi connectivity index (χ0v) is 9.97. The van der Waals surface area contributed by atoms with Crippen LogP contribution in [0.3, 0.4) is 0 Å². The van der Waals surface area contributed by atoms with E-state index in [0.29, 0.717) is 12.6 Å². The van der Waals surface area contributed by atoms with E-state index in [9.17, 15) is 4.79 Å². The fourth-order valence-electron chi connectivity index (χ4n) is 2.46. The Balaban J connectivity index is 1.72. The third kappa shape index (κ3) is 1.40. The summed E-state index contributed by atoms with van der Waals surface area (Å²) >= 11 is 0. The van der Waals surface area contributed by atoms with E-state index in [1.54, 1.807) is 4.90 Å². The monoisotopic (exact) mass is 242 g/mol. The van der Waals surface area contributed by atoms with Gasteiger partial charge in [0.05, 0.1) is 11.0 Å². The van der Waals surface area contributed by atoms with Gasteiger partial charge >= 0.3 is 6.03 Å². The summed E-state index contributed by atoms with van der Waals surface area (Å²) in [6, 6.07) is 8.39. The number of hydrogen-bond acceptors (Lipinski definition) is 2. The third-order valence-electron chi connectivity index (χ3n) is 3.57. The molecule has 2 aromatic rings. The number of rotatable bonds is 1. The Bertz CT molecular complexity index is 629. The van der Waals surface area contributed by atoms with Gasteiger partial charge in [-0.2, -0.15) is 0 Å². The number of carbonyl (C=O) groups excluding carboxylic acids is 1. The Morgan fingerprint density at radius 1 is 1.28 bits per heavy atom. The van der Waals surface area contributed by atoms with Crippen LogP contribution in [-0.2, 0) is 6.54 Å². The minimum absolute atomic E-state index is 0.00782. The zero-order chi connectivity index (χ0) is 12.1. The molecule has 18 heavy (non-hydrogen) atoms. The van der Waals surface area contributed by atoms with Gasteiger partial charge in [0.2, 0.25) is 5.95 Å². The van der Waals surface area contributed by atoms with Crippen LogP contribution < -0.4 is 10.2 Å². The van der Waals surface area contributed by atoms with Crippen LogP contribution in [0.2, 0.25) is 0 Å². The molecule has 5 heteroatoms. The highest BCUT2D eigenvalue weighted by atomic mass is 16.2. The van der Waals surface area contributed by atoms with Crippen molar-refractivity contribution in [3.8, 4) is 0 Å². The highest BCUT2D eigenvalue weighted by molar-refractivity contribution is 5.94. The van der Waals surface area contributed by atoms with E-state index in [0.717, 1.165) is 36.4 Å². The highest BCUT2D eigenvalue weighted by Crippen LogP contribution is 2.28. The maximum absolute atomic E-state index is 12.1. The number of para-hydroxylation sites is 2. The van der Waals surface area contributed by atoms with Crippen molar-refractivity contribution in [1.82, 2.24) is 14.9 Å². The number of hydrogen-bond donors (Lipinski definition) is 1. The van der Waals surface area contributed by atoms with Crippen LogP contribution in [-0.4, -0.2) is 28.2 Å². The van der Waals surface area contributed by atoms with Gasteiger partial charge in [-0.1, -0.05) is 12.1 Å². The number of aromatic nitrogens is 2. The van der Waals surface area contributed by atoms with Gasteiger partial charge in [0, 0.05) is 19.1 Å². The summed E-state index contributed by atoms with van der Waals surface area (Å²) in [5, 5.41) is 3.01. The summed E-state index contributed by atoms with van der Waals surface area (Å²) in [4.78, 5) is 18.4. The average Bonchev–Trinajstić information content (AvgIpc) is 2.97. The molecule has 4 rings (SSSR count). The van der Waals surface area contributed by atoms with Crippen LogP contribution in [0.1, 0.15) is 12.8 Å². The van der Waals surface area contributed by atoms with Crippen LogP contribution >= 0.6 is 0 Å². The van der Waals surface area contributed by atoms with Gasteiger partial charge in [0.1, 0.15) is 0 Å². The number of urea groups is 1. The lowest BCUT2D eigenvalue weighted by Crippen LogP contribution is -2.40. The predicted octanol–water partition coefficient (Wildman–Crippen LogP) is 1.73. The Morgan fingerprint density at radius 3 is 2.94 bits per heavy atom. The largest absolute Gasteiger partial charge is 0.335 e. The Labute approximate surface area is 104 Å². The summed E-state index contributed by atoms with van der Waals surface area (Å²) < 4.78 is 2.11. The fourth-order valence-corrected chi connectivity index (χ4v) is 2.46. The van der Waals surface area contributed by atoms with Gasteiger partial charge in [-0.05, 0) is 25.0 Å². The van der Waals surface area contributed by atoms with Gasteiger partial charge in [0.15, 0.2) is 0 Å². The number of carbonyl (C=O) groups is 1. The molecule has 1 aromatic carbocycles. The molecule has 1 N–H and O–H groups in total. The van der Waals surface area contributed by atoms with Crippen LogP contribution in [0.15, 0.2) is 24.3 Å². The van der Waals surface area contributed by atoms with Crippen molar-refractivity contribution in [3.05, 3.63) is 24.3 Å². The summed E-state index contributed by atoms with van der Waals surface area (Å²) in [5.41, 5.74) is 2.06. The number of benzene rings is 1. The SMILES string of the molecule is O=C(NC1CC1)N1CCn2c1nc1ccccc12. The molecule has 0 atom stereocenters. The Morgan fingerprint density at radius 2 is 2.11 bits per heavy atom. The van der Waals surface area contributed by atoms with Crippen LogP contribution in [0, 0.1) is 0 Å². The molecule has 1 fully saturated rings. The molecule has 0 bridgehead atoms. The van der Waals surface area contributed by atoms with Crippen molar-refractivity contribution in [2.24, 2.45) is 0 Å². The molecule has 1 aliphatic heterocycles. The molecule has 0 unspecified atom stereocenters. The number of nitrogens with zero attached hydrogens (tertiary/aromatic N) is 3. The third-order valence-corrected chi connectivity index (χ3v) is 3.57. The Kier molecular flexibility index (Phi) is 1.92. The van der Waals surface area contributed by atoms with E-state index >= 15 is 0 Å². The van der Waals surface area contributed by atoms with Crippen molar-refractivity contribution >= 4 is 23.0 Å². The van der Waals surface area contributed by atoms with Crippen LogP contribution in [0.4, 0.5) is 10.7 Å². The van der Waals surface area contributed by atoms with Gasteiger partial charge in [0.25, 0.3) is 0 Å². The van der Waals surface area contributed by atoms with Gasteiger partial charge in [-0.3, -0.25) is 4.90 Å². The highest BCUT2D eigenvalue weighted by Gasteiger charge is 2.31. The maximum Gasteiger partial charge on any atom is 0.324 e. The van der Waals surface area contributed by atoms with Crippen molar-refractivity contribution < 1.29 is 4.79 Å². The molecule has 1 saturated carbocycles. The van der Waals surface area contributed by atoms with Crippen LogP contribution in [0.25, 0.3) is 11.0 Å². The minimum Gasteiger partial charge on any atom is -0.335 e. The second-order valence-corrected chi connectivity index (χ2v) is 4.93. The lowest BCUT2D eigenvalue weighted by atomic mass is 10.3. The van der Waals surface area contributed by atoms with E-state index in [-0.39, 0.29) is 6.03 Å². The van der Waals surface area contributed by atoms with Gasteiger partial charge < -0.3 is 9.88 Å². The molecule has 2 aliphatic rings. The fraction of sp³-hybridized carbons (Fsp3) is 0.385. The van der Waals surface area contributed by atoms with Gasteiger partial charge in [-0.25, -0.2) is 9.78 Å². The smallest absolute Gasteiger partial charge is 0.324 e. The van der Waals surface area contributed by atoms with Crippen LogP contribution in [0.5, 0.6) is 0 Å². The summed E-state index contributed by atoms with van der Waals surface area (Å²) in [7, 11) is 0. The second kappa shape index (κ2) is 3.48. The van der Waals surface area contributed by atoms with Crippen molar-refractivity contribution in [3.63, 3.8) is 0 Å². The summed E-state index contributed by atoms with van der Waals surface area (Å²) in [5.74, 6) is 0.773. The van der Waals surface area contributed by atoms with E-state index in [1.165, 1.54) is 0 Å². The predicted molar refractivity (Wildman–Crippen MR) is 68.6 cm³/mol. The molecule has 5 nitrogen and oxygen atoms in total. The molecule has 0 radical (unpaired) electrons. The first-order chi connectivity index (χ1) is 8.83. The Hall–Kier alpha value is -2.04. The molecule has 1 aromatic heterocycles. The zero-order valence-electron chi connectivity index (χ0n) is 9.97. The average molecular weight is 242 g/mol. The summed E-state index contributed by atoms with van der Waals surface area (Å²) in [6.45, 7) is 1.54. The first-order valence-electron chi connectivity index (χ1n) is 6.36. The van der Waals surface area contributed by atoms with E-state index in [1.807, 2.05) is 24.3 Å². The minimum atomic E-state index is -0.00782.